The van der Waals surface area contributed by atoms with Gasteiger partial charge in [-0.05, 0) is 48.0 Å². The first-order valence-electron chi connectivity index (χ1n) is 16.7. The fourth-order valence-electron chi connectivity index (χ4n) is 7.11. The molecule has 6 aromatic carbocycles. The van der Waals surface area contributed by atoms with E-state index >= 15 is 0 Å². The van der Waals surface area contributed by atoms with E-state index in [2.05, 4.69) is 106 Å². The molecule has 0 fully saturated rings. The number of hydrogen-bond acceptors (Lipinski definition) is 4. The molecule has 6 nitrogen and oxygen atoms in total. The smallest absolute Gasteiger partial charge is 0.240 e. The third-order valence-electron chi connectivity index (χ3n) is 9.42. The lowest BCUT2D eigenvalue weighted by atomic mass is 10.0. The van der Waals surface area contributed by atoms with E-state index in [1.165, 1.54) is 21.8 Å². The number of hydrogen-bond donors (Lipinski definition) is 0. The van der Waals surface area contributed by atoms with Gasteiger partial charge < -0.3 is 4.57 Å². The van der Waals surface area contributed by atoms with Gasteiger partial charge in [0.15, 0.2) is 11.6 Å². The lowest BCUT2D eigenvalue weighted by molar-refractivity contribution is 0.944. The number of pyridine rings is 1. The Balaban J connectivity index is 1.17. The van der Waals surface area contributed by atoms with Gasteiger partial charge in [-0.1, -0.05) is 121 Å². The van der Waals surface area contributed by atoms with Crippen molar-refractivity contribution in [2.75, 3.05) is 0 Å². The summed E-state index contributed by atoms with van der Waals surface area (Å²) in [4.78, 5) is 20.1. The van der Waals surface area contributed by atoms with E-state index in [-0.39, 0.29) is 0 Å². The summed E-state index contributed by atoms with van der Waals surface area (Å²) < 4.78 is 4.40. The molecule has 6 heteroatoms. The molecule has 0 saturated carbocycles. The molecule has 0 aliphatic carbocycles. The van der Waals surface area contributed by atoms with Crippen molar-refractivity contribution in [3.8, 4) is 45.5 Å². The fraction of sp³-hybridized carbons (Fsp3) is 0. The number of benzene rings is 6. The fourth-order valence-corrected chi connectivity index (χ4v) is 7.11. The van der Waals surface area contributed by atoms with E-state index in [0.29, 0.717) is 17.6 Å². The molecule has 0 spiro atoms. The highest BCUT2D eigenvalue weighted by Crippen LogP contribution is 2.37. The average molecular weight is 641 g/mol. The van der Waals surface area contributed by atoms with E-state index < -0.39 is 0 Å². The van der Waals surface area contributed by atoms with Crippen LogP contribution in [0, 0.1) is 0 Å². The zero-order valence-electron chi connectivity index (χ0n) is 26.8. The summed E-state index contributed by atoms with van der Waals surface area (Å²) in [6.07, 6.45) is 1.96. The van der Waals surface area contributed by atoms with Crippen LogP contribution in [-0.4, -0.2) is 29.1 Å². The second-order valence-corrected chi connectivity index (χ2v) is 12.4. The normalized spacial score (nSPS) is 11.6. The van der Waals surface area contributed by atoms with Gasteiger partial charge in [0, 0.05) is 50.1 Å². The van der Waals surface area contributed by atoms with Crippen molar-refractivity contribution in [3.05, 3.63) is 170 Å². The average Bonchev–Trinajstić information content (AvgIpc) is 3.71. The summed E-state index contributed by atoms with van der Waals surface area (Å²) in [5, 5.41) is 4.54. The maximum atomic E-state index is 5.13. The van der Waals surface area contributed by atoms with Crippen molar-refractivity contribution in [1.82, 2.24) is 29.1 Å². The van der Waals surface area contributed by atoms with E-state index in [1.54, 1.807) is 0 Å². The molecule has 0 bridgehead atoms. The summed E-state index contributed by atoms with van der Waals surface area (Å²) in [7, 11) is 0. The molecule has 0 aliphatic heterocycles. The molecule has 0 radical (unpaired) electrons. The van der Waals surface area contributed by atoms with Gasteiger partial charge in [-0.15, -0.1) is 0 Å². The lowest BCUT2D eigenvalue weighted by Crippen LogP contribution is -2.07. The van der Waals surface area contributed by atoms with E-state index in [0.717, 1.165) is 49.9 Å². The molecule has 0 aliphatic rings. The lowest BCUT2D eigenvalue weighted by Gasteiger charge is -2.10. The standard InChI is InChI=1S/C44H28N6/c1-4-14-29(15-5-1)41-46-42(30-16-6-2-7-17-30)48-44(47-41)50-39-23-13-11-21-35(39)37-27-32(28-45-43(37)50)31-24-25-40-36(26-31)34-20-10-12-22-38(34)49(40)33-18-8-3-9-19-33/h1-28H. The van der Waals surface area contributed by atoms with Gasteiger partial charge in [-0.3, -0.25) is 4.57 Å². The number of para-hydroxylation sites is 3. The minimum atomic E-state index is 0.527. The highest BCUT2D eigenvalue weighted by atomic mass is 15.2. The van der Waals surface area contributed by atoms with Crippen LogP contribution < -0.4 is 0 Å². The third kappa shape index (κ3) is 4.50. The van der Waals surface area contributed by atoms with E-state index in [4.69, 9.17) is 19.9 Å². The second-order valence-electron chi connectivity index (χ2n) is 12.4. The number of fused-ring (bicyclic) bond motifs is 6. The molecular weight excluding hydrogens is 613 g/mol. The maximum absolute atomic E-state index is 5.13. The predicted octanol–water partition coefficient (Wildman–Crippen LogP) is 10.5. The monoisotopic (exact) mass is 640 g/mol. The van der Waals surface area contributed by atoms with E-state index in [1.807, 2.05) is 72.9 Å². The quantitative estimate of drug-likeness (QED) is 0.188. The molecular formula is C44H28N6. The molecule has 4 aromatic heterocycles. The highest BCUT2D eigenvalue weighted by molar-refractivity contribution is 6.11. The Hall–Kier alpha value is -6.92. The summed E-state index contributed by atoms with van der Waals surface area (Å²) in [6.45, 7) is 0. The SMILES string of the molecule is c1ccc(-c2nc(-c3ccccc3)nc(-n3c4ccccc4c4cc(-c5ccc6c(c5)c5ccccc5n6-c5ccccc5)cnc43)n2)cc1. The van der Waals surface area contributed by atoms with Crippen LogP contribution in [0.25, 0.3) is 89.3 Å². The Morgan fingerprint density at radius 3 is 1.54 bits per heavy atom. The van der Waals surface area contributed by atoms with Crippen molar-refractivity contribution in [2.24, 2.45) is 0 Å². The van der Waals surface area contributed by atoms with Crippen LogP contribution in [0.4, 0.5) is 0 Å². The van der Waals surface area contributed by atoms with Crippen molar-refractivity contribution in [1.29, 1.82) is 0 Å². The first-order valence-corrected chi connectivity index (χ1v) is 16.7. The van der Waals surface area contributed by atoms with Crippen LogP contribution in [0.5, 0.6) is 0 Å². The number of aromatic nitrogens is 6. The van der Waals surface area contributed by atoms with Gasteiger partial charge in [0.2, 0.25) is 5.95 Å². The largest absolute Gasteiger partial charge is 0.309 e. The van der Waals surface area contributed by atoms with Gasteiger partial charge in [-0.2, -0.15) is 9.97 Å². The van der Waals surface area contributed by atoms with Crippen LogP contribution in [0.3, 0.4) is 0 Å². The molecule has 0 unspecified atom stereocenters. The van der Waals surface area contributed by atoms with Crippen molar-refractivity contribution >= 4 is 43.7 Å². The molecule has 0 saturated heterocycles. The zero-order valence-corrected chi connectivity index (χ0v) is 26.8. The molecule has 4 heterocycles. The predicted molar refractivity (Wildman–Crippen MR) is 203 cm³/mol. The Morgan fingerprint density at radius 2 is 0.880 bits per heavy atom. The Labute approximate surface area is 287 Å². The molecule has 50 heavy (non-hydrogen) atoms. The van der Waals surface area contributed by atoms with Gasteiger partial charge >= 0.3 is 0 Å². The van der Waals surface area contributed by atoms with Gasteiger partial charge in [0.25, 0.3) is 0 Å². The third-order valence-corrected chi connectivity index (χ3v) is 9.42. The van der Waals surface area contributed by atoms with Crippen LogP contribution in [0.1, 0.15) is 0 Å². The first kappa shape index (κ1) is 28.1. The molecule has 10 aromatic rings. The summed E-state index contributed by atoms with van der Waals surface area (Å²) >= 11 is 0. The number of nitrogens with zero attached hydrogens (tertiary/aromatic N) is 6. The van der Waals surface area contributed by atoms with Crippen LogP contribution in [-0.2, 0) is 0 Å². The summed E-state index contributed by atoms with van der Waals surface area (Å²) in [5.74, 6) is 1.75. The zero-order chi connectivity index (χ0) is 33.0. The number of rotatable bonds is 5. The maximum Gasteiger partial charge on any atom is 0.240 e. The molecule has 0 N–H and O–H groups in total. The molecule has 0 atom stereocenters. The topological polar surface area (TPSA) is 61.4 Å². The first-order chi connectivity index (χ1) is 24.8. The van der Waals surface area contributed by atoms with Crippen LogP contribution >= 0.6 is 0 Å². The molecule has 234 valence electrons. The molecule has 0 amide bonds. The van der Waals surface area contributed by atoms with Gasteiger partial charge in [0.1, 0.15) is 5.65 Å². The summed E-state index contributed by atoms with van der Waals surface area (Å²) in [5.41, 5.74) is 9.28. The second kappa shape index (κ2) is 11.4. The van der Waals surface area contributed by atoms with Crippen molar-refractivity contribution in [3.63, 3.8) is 0 Å². The Bertz CT molecular complexity index is 2800. The van der Waals surface area contributed by atoms with E-state index in [9.17, 15) is 0 Å². The van der Waals surface area contributed by atoms with Crippen molar-refractivity contribution < 1.29 is 0 Å². The Kier molecular flexibility index (Phi) is 6.39. The minimum absolute atomic E-state index is 0.527. The van der Waals surface area contributed by atoms with Gasteiger partial charge in [0.05, 0.1) is 16.6 Å². The van der Waals surface area contributed by atoms with Gasteiger partial charge in [-0.25, -0.2) is 9.97 Å². The Morgan fingerprint density at radius 1 is 0.360 bits per heavy atom. The minimum Gasteiger partial charge on any atom is -0.309 e. The van der Waals surface area contributed by atoms with Crippen LogP contribution in [0.15, 0.2) is 170 Å². The summed E-state index contributed by atoms with van der Waals surface area (Å²) in [6, 6.07) is 56.6. The van der Waals surface area contributed by atoms with Crippen LogP contribution in [0.2, 0.25) is 0 Å². The molecule has 10 rings (SSSR count). The highest BCUT2D eigenvalue weighted by Gasteiger charge is 2.20. The van der Waals surface area contributed by atoms with Crippen molar-refractivity contribution in [2.45, 2.75) is 0 Å².